The van der Waals surface area contributed by atoms with Gasteiger partial charge in [0.15, 0.2) is 0 Å². The Balaban J connectivity index is 1.72. The second kappa shape index (κ2) is 5.97. The summed E-state index contributed by atoms with van der Waals surface area (Å²) in [7, 11) is 1.70. The molecule has 0 saturated carbocycles. The van der Waals surface area contributed by atoms with Crippen molar-refractivity contribution in [2.75, 3.05) is 7.11 Å². The quantitative estimate of drug-likeness (QED) is 0.753. The third-order valence-electron chi connectivity index (χ3n) is 3.62. The van der Waals surface area contributed by atoms with Gasteiger partial charge in [-0.3, -0.25) is 0 Å². The van der Waals surface area contributed by atoms with E-state index in [0.29, 0.717) is 6.54 Å². The molecule has 0 bridgehead atoms. The maximum Gasteiger partial charge on any atom is 0.123 e. The molecule has 4 nitrogen and oxygen atoms in total. The summed E-state index contributed by atoms with van der Waals surface area (Å²) in [6.07, 6.45) is 0. The summed E-state index contributed by atoms with van der Waals surface area (Å²) < 4.78 is 5.40. The molecule has 0 aliphatic rings. The Kier molecular flexibility index (Phi) is 3.88. The monoisotopic (exact) mass is 281 g/mol. The summed E-state index contributed by atoms with van der Waals surface area (Å²) >= 11 is 0. The fourth-order valence-electron chi connectivity index (χ4n) is 2.47. The van der Waals surface area contributed by atoms with Crippen molar-refractivity contribution in [3.63, 3.8) is 0 Å². The molecule has 2 aromatic carbocycles. The first-order chi connectivity index (χ1) is 10.3. The third kappa shape index (κ3) is 2.90. The van der Waals surface area contributed by atoms with Gasteiger partial charge in [0.25, 0.3) is 0 Å². The van der Waals surface area contributed by atoms with Crippen molar-refractivity contribution in [1.82, 2.24) is 15.3 Å². The summed E-state index contributed by atoms with van der Waals surface area (Å²) in [6, 6.07) is 16.3. The fraction of sp³-hybridized carbons (Fsp3) is 0.235. The van der Waals surface area contributed by atoms with Crippen LogP contribution in [0.15, 0.2) is 48.5 Å². The van der Waals surface area contributed by atoms with Gasteiger partial charge in [-0.15, -0.1) is 0 Å². The zero-order chi connectivity index (χ0) is 14.7. The Morgan fingerprint density at radius 3 is 2.71 bits per heavy atom. The second-order valence-electron chi connectivity index (χ2n) is 5.05. The number of ether oxygens (including phenoxy) is 1. The van der Waals surface area contributed by atoms with Crippen molar-refractivity contribution in [3.8, 4) is 5.75 Å². The highest BCUT2D eigenvalue weighted by molar-refractivity contribution is 5.74. The number of hydrogen-bond acceptors (Lipinski definition) is 3. The van der Waals surface area contributed by atoms with E-state index in [9.17, 15) is 0 Å². The van der Waals surface area contributed by atoms with E-state index in [1.165, 1.54) is 0 Å². The van der Waals surface area contributed by atoms with Gasteiger partial charge in [0, 0.05) is 11.6 Å². The van der Waals surface area contributed by atoms with Crippen LogP contribution in [0.2, 0.25) is 0 Å². The van der Waals surface area contributed by atoms with Crippen molar-refractivity contribution < 1.29 is 4.74 Å². The summed E-state index contributed by atoms with van der Waals surface area (Å²) in [5.41, 5.74) is 3.22. The number of fused-ring (bicyclic) bond motifs is 1. The molecule has 0 saturated heterocycles. The molecular formula is C17H19N3O. The van der Waals surface area contributed by atoms with E-state index in [1.807, 2.05) is 42.5 Å². The largest absolute Gasteiger partial charge is 0.496 e. The van der Waals surface area contributed by atoms with Gasteiger partial charge in [0.2, 0.25) is 0 Å². The van der Waals surface area contributed by atoms with Crippen molar-refractivity contribution in [3.05, 3.63) is 59.9 Å². The van der Waals surface area contributed by atoms with Crippen molar-refractivity contribution in [1.29, 1.82) is 0 Å². The molecule has 0 aliphatic heterocycles. The Morgan fingerprint density at radius 1 is 1.14 bits per heavy atom. The molecule has 0 amide bonds. The van der Waals surface area contributed by atoms with Gasteiger partial charge in [0.1, 0.15) is 11.6 Å². The molecule has 1 heterocycles. The molecule has 4 heteroatoms. The number of aromatic amines is 1. The molecule has 0 radical (unpaired) electrons. The van der Waals surface area contributed by atoms with Gasteiger partial charge in [-0.05, 0) is 25.1 Å². The molecule has 1 unspecified atom stereocenters. The molecule has 2 N–H and O–H groups in total. The van der Waals surface area contributed by atoms with E-state index in [-0.39, 0.29) is 6.04 Å². The van der Waals surface area contributed by atoms with Crippen LogP contribution < -0.4 is 10.1 Å². The number of benzene rings is 2. The van der Waals surface area contributed by atoms with Gasteiger partial charge in [-0.1, -0.05) is 30.3 Å². The minimum atomic E-state index is 0.189. The van der Waals surface area contributed by atoms with Crippen LogP contribution >= 0.6 is 0 Å². The van der Waals surface area contributed by atoms with E-state index in [2.05, 4.69) is 28.3 Å². The minimum Gasteiger partial charge on any atom is -0.496 e. The fourth-order valence-corrected chi connectivity index (χ4v) is 2.47. The topological polar surface area (TPSA) is 49.9 Å². The second-order valence-corrected chi connectivity index (χ2v) is 5.05. The van der Waals surface area contributed by atoms with Crippen LogP contribution in [0.5, 0.6) is 5.75 Å². The van der Waals surface area contributed by atoms with Crippen molar-refractivity contribution in [2.24, 2.45) is 0 Å². The molecule has 1 aromatic heterocycles. The molecule has 3 aromatic rings. The maximum atomic E-state index is 5.40. The van der Waals surface area contributed by atoms with Crippen LogP contribution in [0.25, 0.3) is 11.0 Å². The van der Waals surface area contributed by atoms with Gasteiger partial charge >= 0.3 is 0 Å². The molecule has 0 aliphatic carbocycles. The average molecular weight is 281 g/mol. The molecule has 21 heavy (non-hydrogen) atoms. The summed E-state index contributed by atoms with van der Waals surface area (Å²) in [4.78, 5) is 7.90. The number of nitrogens with zero attached hydrogens (tertiary/aromatic N) is 1. The number of aromatic nitrogens is 2. The highest BCUT2D eigenvalue weighted by Gasteiger charge is 2.11. The van der Waals surface area contributed by atoms with Gasteiger partial charge in [-0.25, -0.2) is 4.98 Å². The van der Waals surface area contributed by atoms with E-state index >= 15 is 0 Å². The van der Waals surface area contributed by atoms with Gasteiger partial charge in [-0.2, -0.15) is 0 Å². The molecule has 0 spiro atoms. The van der Waals surface area contributed by atoms with Gasteiger partial charge in [0.05, 0.1) is 24.7 Å². The van der Waals surface area contributed by atoms with Crippen LogP contribution in [0.3, 0.4) is 0 Å². The number of H-pyrrole nitrogens is 1. The maximum absolute atomic E-state index is 5.40. The first-order valence-corrected chi connectivity index (χ1v) is 7.08. The zero-order valence-corrected chi connectivity index (χ0v) is 12.3. The summed E-state index contributed by atoms with van der Waals surface area (Å²) in [5.74, 6) is 1.85. The van der Waals surface area contributed by atoms with Crippen molar-refractivity contribution in [2.45, 2.75) is 19.5 Å². The Bertz CT molecular complexity index is 702. The Hall–Kier alpha value is -2.33. The predicted octanol–water partition coefficient (Wildman–Crippen LogP) is 3.42. The molecule has 1 atom stereocenters. The number of hydrogen-bond donors (Lipinski definition) is 2. The van der Waals surface area contributed by atoms with Crippen LogP contribution in [-0.2, 0) is 6.54 Å². The van der Waals surface area contributed by atoms with Crippen LogP contribution in [-0.4, -0.2) is 17.1 Å². The van der Waals surface area contributed by atoms with Crippen LogP contribution in [0.4, 0.5) is 0 Å². The third-order valence-corrected chi connectivity index (χ3v) is 3.62. The minimum absolute atomic E-state index is 0.189. The highest BCUT2D eigenvalue weighted by atomic mass is 16.5. The zero-order valence-electron chi connectivity index (χ0n) is 12.3. The van der Waals surface area contributed by atoms with E-state index in [4.69, 9.17) is 4.74 Å². The number of para-hydroxylation sites is 3. The van der Waals surface area contributed by atoms with Gasteiger partial charge < -0.3 is 15.0 Å². The molecular weight excluding hydrogens is 262 g/mol. The predicted molar refractivity (Wildman–Crippen MR) is 84.3 cm³/mol. The van der Waals surface area contributed by atoms with Crippen molar-refractivity contribution >= 4 is 11.0 Å². The van der Waals surface area contributed by atoms with Crippen LogP contribution in [0, 0.1) is 0 Å². The highest BCUT2D eigenvalue weighted by Crippen LogP contribution is 2.24. The number of rotatable bonds is 5. The first kappa shape index (κ1) is 13.6. The standard InChI is InChI=1S/C17H19N3O/c1-12(13-7-3-6-10-16(13)21-2)18-11-17-19-14-8-4-5-9-15(14)20-17/h3-10,12,18H,11H2,1-2H3,(H,19,20). The van der Waals surface area contributed by atoms with E-state index in [1.54, 1.807) is 7.11 Å². The van der Waals surface area contributed by atoms with E-state index in [0.717, 1.165) is 28.2 Å². The lowest BCUT2D eigenvalue weighted by Crippen LogP contribution is -2.19. The number of methoxy groups -OCH3 is 1. The normalized spacial score (nSPS) is 12.5. The SMILES string of the molecule is COc1ccccc1C(C)NCc1nc2ccccc2[nH]1. The van der Waals surface area contributed by atoms with E-state index < -0.39 is 0 Å². The number of imidazole rings is 1. The average Bonchev–Trinajstić information content (AvgIpc) is 2.95. The molecule has 3 rings (SSSR count). The molecule has 108 valence electrons. The Morgan fingerprint density at radius 2 is 1.90 bits per heavy atom. The number of nitrogens with one attached hydrogen (secondary N) is 2. The molecule has 0 fully saturated rings. The smallest absolute Gasteiger partial charge is 0.123 e. The Labute approximate surface area is 124 Å². The lowest BCUT2D eigenvalue weighted by Gasteiger charge is -2.16. The summed E-state index contributed by atoms with van der Waals surface area (Å²) in [5, 5.41) is 3.48. The van der Waals surface area contributed by atoms with Crippen LogP contribution in [0.1, 0.15) is 24.4 Å². The lowest BCUT2D eigenvalue weighted by atomic mass is 10.1. The first-order valence-electron chi connectivity index (χ1n) is 7.08. The summed E-state index contributed by atoms with van der Waals surface area (Å²) in [6.45, 7) is 2.81. The lowest BCUT2D eigenvalue weighted by molar-refractivity contribution is 0.401.